The summed E-state index contributed by atoms with van der Waals surface area (Å²) >= 11 is 0. The SMILES string of the molecule is COc1cccc(C(=O)N2CCC(CCN)C2)c1O. The maximum atomic E-state index is 12.4. The lowest BCUT2D eigenvalue weighted by molar-refractivity contribution is 0.0783. The molecular weight excluding hydrogens is 244 g/mol. The predicted molar refractivity (Wildman–Crippen MR) is 72.3 cm³/mol. The zero-order valence-corrected chi connectivity index (χ0v) is 11.1. The van der Waals surface area contributed by atoms with Crippen LogP contribution in [0.1, 0.15) is 23.2 Å². The topological polar surface area (TPSA) is 75.8 Å². The first-order chi connectivity index (χ1) is 9.17. The first-order valence-corrected chi connectivity index (χ1v) is 6.52. The second-order valence-corrected chi connectivity index (χ2v) is 4.84. The van der Waals surface area contributed by atoms with Gasteiger partial charge in [-0.15, -0.1) is 0 Å². The summed E-state index contributed by atoms with van der Waals surface area (Å²) in [5.41, 5.74) is 5.84. The Morgan fingerprint density at radius 1 is 1.58 bits per heavy atom. The molecule has 3 N–H and O–H groups in total. The fourth-order valence-corrected chi connectivity index (χ4v) is 2.52. The smallest absolute Gasteiger partial charge is 0.257 e. The predicted octanol–water partition coefficient (Wildman–Crippen LogP) is 1.21. The number of phenolic OH excluding ortho intramolecular Hbond substituents is 1. The Kier molecular flexibility index (Phi) is 4.27. The highest BCUT2D eigenvalue weighted by atomic mass is 16.5. The van der Waals surface area contributed by atoms with Crippen molar-refractivity contribution in [1.29, 1.82) is 0 Å². The van der Waals surface area contributed by atoms with Gasteiger partial charge in [0.2, 0.25) is 0 Å². The number of hydrogen-bond acceptors (Lipinski definition) is 4. The van der Waals surface area contributed by atoms with Crippen molar-refractivity contribution in [3.8, 4) is 11.5 Å². The molecule has 0 bridgehead atoms. The van der Waals surface area contributed by atoms with E-state index in [1.54, 1.807) is 23.1 Å². The van der Waals surface area contributed by atoms with Gasteiger partial charge < -0.3 is 20.5 Å². The molecule has 5 heteroatoms. The molecule has 1 aliphatic rings. The summed E-state index contributed by atoms with van der Waals surface area (Å²) < 4.78 is 5.02. The molecule has 0 radical (unpaired) electrons. The fraction of sp³-hybridized carbons (Fsp3) is 0.500. The summed E-state index contributed by atoms with van der Waals surface area (Å²) in [6.45, 7) is 2.09. The number of para-hydroxylation sites is 1. The van der Waals surface area contributed by atoms with Crippen molar-refractivity contribution in [1.82, 2.24) is 4.90 Å². The van der Waals surface area contributed by atoms with E-state index in [1.807, 2.05) is 0 Å². The second-order valence-electron chi connectivity index (χ2n) is 4.84. The van der Waals surface area contributed by atoms with Crippen LogP contribution in [0.2, 0.25) is 0 Å². The zero-order valence-electron chi connectivity index (χ0n) is 11.1. The van der Waals surface area contributed by atoms with E-state index >= 15 is 0 Å². The Labute approximate surface area is 113 Å². The summed E-state index contributed by atoms with van der Waals surface area (Å²) in [5.74, 6) is 0.568. The van der Waals surface area contributed by atoms with Crippen molar-refractivity contribution in [2.45, 2.75) is 12.8 Å². The summed E-state index contributed by atoms with van der Waals surface area (Å²) in [7, 11) is 1.47. The van der Waals surface area contributed by atoms with Gasteiger partial charge in [-0.3, -0.25) is 4.79 Å². The average molecular weight is 264 g/mol. The zero-order chi connectivity index (χ0) is 13.8. The van der Waals surface area contributed by atoms with E-state index in [0.29, 0.717) is 30.3 Å². The van der Waals surface area contributed by atoms with E-state index in [2.05, 4.69) is 0 Å². The Balaban J connectivity index is 2.12. The summed E-state index contributed by atoms with van der Waals surface area (Å²) in [6.07, 6.45) is 1.92. The monoisotopic (exact) mass is 264 g/mol. The van der Waals surface area contributed by atoms with Crippen LogP contribution >= 0.6 is 0 Å². The van der Waals surface area contributed by atoms with Gasteiger partial charge in [0.1, 0.15) is 0 Å². The van der Waals surface area contributed by atoms with Crippen molar-refractivity contribution in [2.24, 2.45) is 11.7 Å². The van der Waals surface area contributed by atoms with Gasteiger partial charge in [0, 0.05) is 13.1 Å². The van der Waals surface area contributed by atoms with Crippen LogP contribution in [-0.2, 0) is 0 Å². The molecule has 1 fully saturated rings. The molecule has 1 aromatic carbocycles. The average Bonchev–Trinajstić information content (AvgIpc) is 2.87. The molecular formula is C14H20N2O3. The van der Waals surface area contributed by atoms with Crippen molar-refractivity contribution >= 4 is 5.91 Å². The number of amides is 1. The normalized spacial score (nSPS) is 18.6. The summed E-state index contributed by atoms with van der Waals surface area (Å²) in [5, 5.41) is 10.00. The van der Waals surface area contributed by atoms with Crippen LogP contribution in [0, 0.1) is 5.92 Å². The van der Waals surface area contributed by atoms with Crippen molar-refractivity contribution in [2.75, 3.05) is 26.7 Å². The number of aromatic hydroxyl groups is 1. The van der Waals surface area contributed by atoms with Gasteiger partial charge in [-0.2, -0.15) is 0 Å². The van der Waals surface area contributed by atoms with E-state index < -0.39 is 0 Å². The van der Waals surface area contributed by atoms with Gasteiger partial charge in [0.05, 0.1) is 12.7 Å². The molecule has 0 spiro atoms. The number of nitrogens with zero attached hydrogens (tertiary/aromatic N) is 1. The third-order valence-corrected chi connectivity index (χ3v) is 3.60. The van der Waals surface area contributed by atoms with Crippen LogP contribution in [0.5, 0.6) is 11.5 Å². The Bertz CT molecular complexity index is 462. The minimum atomic E-state index is -0.143. The quantitative estimate of drug-likeness (QED) is 0.857. The summed E-state index contributed by atoms with van der Waals surface area (Å²) in [6, 6.07) is 4.96. The maximum Gasteiger partial charge on any atom is 0.257 e. The van der Waals surface area contributed by atoms with Gasteiger partial charge >= 0.3 is 0 Å². The number of carbonyl (C=O) groups is 1. The van der Waals surface area contributed by atoms with Gasteiger partial charge in [-0.1, -0.05) is 6.07 Å². The molecule has 0 aliphatic carbocycles. The maximum absolute atomic E-state index is 12.4. The molecule has 1 aromatic rings. The van der Waals surface area contributed by atoms with E-state index in [0.717, 1.165) is 19.4 Å². The first-order valence-electron chi connectivity index (χ1n) is 6.52. The van der Waals surface area contributed by atoms with Crippen molar-refractivity contribution in [3.63, 3.8) is 0 Å². The molecule has 5 nitrogen and oxygen atoms in total. The number of likely N-dealkylation sites (tertiary alicyclic amines) is 1. The third kappa shape index (κ3) is 2.81. The molecule has 104 valence electrons. The summed E-state index contributed by atoms with van der Waals surface area (Å²) in [4.78, 5) is 14.1. The van der Waals surface area contributed by atoms with Crippen molar-refractivity contribution in [3.05, 3.63) is 23.8 Å². The molecule has 1 amide bonds. The standard InChI is InChI=1S/C14H20N2O3/c1-19-12-4-2-3-11(13(12)17)14(18)16-8-6-10(9-16)5-7-15/h2-4,10,17H,5-9,15H2,1H3. The molecule has 1 atom stereocenters. The number of nitrogens with two attached hydrogens (primary N) is 1. The van der Waals surface area contributed by atoms with Gasteiger partial charge in [-0.25, -0.2) is 0 Å². The van der Waals surface area contributed by atoms with Crippen LogP contribution in [0.3, 0.4) is 0 Å². The minimum absolute atomic E-state index is 0.0859. The number of phenols is 1. The van der Waals surface area contributed by atoms with E-state index in [4.69, 9.17) is 10.5 Å². The Morgan fingerprint density at radius 3 is 3.05 bits per heavy atom. The third-order valence-electron chi connectivity index (χ3n) is 3.60. The Hall–Kier alpha value is -1.75. The largest absolute Gasteiger partial charge is 0.504 e. The second kappa shape index (κ2) is 5.93. The van der Waals surface area contributed by atoms with Crippen LogP contribution in [0.25, 0.3) is 0 Å². The van der Waals surface area contributed by atoms with Crippen molar-refractivity contribution < 1.29 is 14.6 Å². The van der Waals surface area contributed by atoms with Crippen LogP contribution in [0.15, 0.2) is 18.2 Å². The lowest BCUT2D eigenvalue weighted by Crippen LogP contribution is -2.29. The highest BCUT2D eigenvalue weighted by molar-refractivity contribution is 5.97. The molecule has 1 aliphatic heterocycles. The minimum Gasteiger partial charge on any atom is -0.504 e. The molecule has 1 unspecified atom stereocenters. The Morgan fingerprint density at radius 2 is 2.37 bits per heavy atom. The number of rotatable bonds is 4. The van der Waals surface area contributed by atoms with Crippen LogP contribution in [-0.4, -0.2) is 42.7 Å². The number of hydrogen-bond donors (Lipinski definition) is 2. The molecule has 1 saturated heterocycles. The number of ether oxygens (including phenoxy) is 1. The molecule has 2 rings (SSSR count). The number of carbonyl (C=O) groups excluding carboxylic acids is 1. The number of methoxy groups -OCH3 is 1. The lowest BCUT2D eigenvalue weighted by atomic mass is 10.1. The molecule has 0 aromatic heterocycles. The highest BCUT2D eigenvalue weighted by Crippen LogP contribution is 2.31. The van der Waals surface area contributed by atoms with E-state index in [1.165, 1.54) is 7.11 Å². The van der Waals surface area contributed by atoms with E-state index in [-0.39, 0.29) is 11.7 Å². The van der Waals surface area contributed by atoms with Crippen LogP contribution < -0.4 is 10.5 Å². The highest BCUT2D eigenvalue weighted by Gasteiger charge is 2.28. The van der Waals surface area contributed by atoms with Gasteiger partial charge in [0.25, 0.3) is 5.91 Å². The lowest BCUT2D eigenvalue weighted by Gasteiger charge is -2.18. The van der Waals surface area contributed by atoms with Gasteiger partial charge in [0.15, 0.2) is 11.5 Å². The van der Waals surface area contributed by atoms with Gasteiger partial charge in [-0.05, 0) is 37.4 Å². The van der Waals surface area contributed by atoms with E-state index in [9.17, 15) is 9.90 Å². The van der Waals surface area contributed by atoms with Crippen LogP contribution in [0.4, 0.5) is 0 Å². The molecule has 0 saturated carbocycles. The molecule has 1 heterocycles. The first kappa shape index (κ1) is 13.7. The number of benzene rings is 1. The fourth-order valence-electron chi connectivity index (χ4n) is 2.52. The molecule has 19 heavy (non-hydrogen) atoms.